The smallest absolute Gasteiger partial charge is 0.105 e. The number of hydrogen-bond acceptors (Lipinski definition) is 4. The van der Waals surface area contributed by atoms with E-state index < -0.39 is 12.2 Å². The Bertz CT molecular complexity index is 444. The van der Waals surface area contributed by atoms with Crippen molar-refractivity contribution in [1.82, 2.24) is 0 Å². The summed E-state index contributed by atoms with van der Waals surface area (Å²) in [5.74, 6) is 0. The minimum absolute atomic E-state index is 0.116. The third kappa shape index (κ3) is 3.72. The van der Waals surface area contributed by atoms with Crippen LogP contribution in [-0.2, 0) is 6.61 Å². The summed E-state index contributed by atoms with van der Waals surface area (Å²) in [6.07, 6.45) is -1.86. The highest BCUT2D eigenvalue weighted by molar-refractivity contribution is 5.33. The molecule has 1 rings (SSSR count). The van der Waals surface area contributed by atoms with Crippen LogP contribution in [0, 0.1) is 6.92 Å². The van der Waals surface area contributed by atoms with Gasteiger partial charge in [-0.2, -0.15) is 0 Å². The SMILES string of the molecule is Cc1ccc(CO)cc1C(O)C(O)CCN=[N+]=[N-]. The number of aliphatic hydroxyl groups excluding tert-OH is 3. The normalized spacial score (nSPS) is 13.8. The zero-order chi connectivity index (χ0) is 13.5. The number of azide groups is 1. The van der Waals surface area contributed by atoms with Crippen LogP contribution in [0.5, 0.6) is 0 Å². The van der Waals surface area contributed by atoms with Gasteiger partial charge in [-0.15, -0.1) is 0 Å². The molecule has 2 unspecified atom stereocenters. The van der Waals surface area contributed by atoms with E-state index in [9.17, 15) is 10.2 Å². The Balaban J connectivity index is 2.81. The lowest BCUT2D eigenvalue weighted by Crippen LogP contribution is -2.20. The molecule has 0 amide bonds. The first kappa shape index (κ1) is 14.5. The highest BCUT2D eigenvalue weighted by atomic mass is 16.3. The lowest BCUT2D eigenvalue weighted by atomic mass is 9.96. The molecule has 0 saturated carbocycles. The zero-order valence-corrected chi connectivity index (χ0v) is 10.2. The monoisotopic (exact) mass is 251 g/mol. The van der Waals surface area contributed by atoms with Crippen molar-refractivity contribution in [1.29, 1.82) is 0 Å². The lowest BCUT2D eigenvalue weighted by molar-refractivity contribution is 0.0146. The Morgan fingerprint density at radius 3 is 2.72 bits per heavy atom. The van der Waals surface area contributed by atoms with E-state index in [0.29, 0.717) is 11.1 Å². The van der Waals surface area contributed by atoms with Crippen LogP contribution in [-0.4, -0.2) is 28.0 Å². The number of hydrogen-bond donors (Lipinski definition) is 3. The third-order valence-electron chi connectivity index (χ3n) is 2.80. The highest BCUT2D eigenvalue weighted by Gasteiger charge is 2.19. The minimum Gasteiger partial charge on any atom is -0.392 e. The van der Waals surface area contributed by atoms with Crippen LogP contribution >= 0.6 is 0 Å². The van der Waals surface area contributed by atoms with Crippen molar-refractivity contribution in [3.05, 3.63) is 45.3 Å². The summed E-state index contributed by atoms with van der Waals surface area (Å²) in [6.45, 7) is 1.84. The number of benzene rings is 1. The van der Waals surface area contributed by atoms with Crippen molar-refractivity contribution >= 4 is 0 Å². The van der Waals surface area contributed by atoms with Crippen LogP contribution in [0.3, 0.4) is 0 Å². The van der Waals surface area contributed by atoms with E-state index in [0.717, 1.165) is 5.56 Å². The van der Waals surface area contributed by atoms with Gasteiger partial charge >= 0.3 is 0 Å². The van der Waals surface area contributed by atoms with Crippen molar-refractivity contribution < 1.29 is 15.3 Å². The summed E-state index contributed by atoms with van der Waals surface area (Å²) in [7, 11) is 0. The van der Waals surface area contributed by atoms with E-state index in [4.69, 9.17) is 10.6 Å². The molecule has 6 heteroatoms. The fraction of sp³-hybridized carbons (Fsp3) is 0.500. The second kappa shape index (κ2) is 6.98. The van der Waals surface area contributed by atoms with Crippen LogP contribution in [0.25, 0.3) is 10.4 Å². The predicted octanol–water partition coefficient (Wildman–Crippen LogP) is 1.58. The van der Waals surface area contributed by atoms with E-state index >= 15 is 0 Å². The minimum atomic E-state index is -1.05. The van der Waals surface area contributed by atoms with Gasteiger partial charge < -0.3 is 15.3 Å². The second-order valence-corrected chi connectivity index (χ2v) is 4.10. The molecular formula is C12H17N3O3. The molecule has 6 nitrogen and oxygen atoms in total. The standard InChI is InChI=1S/C12H17N3O3/c1-8-2-3-9(7-16)6-10(8)12(18)11(17)4-5-14-15-13/h2-3,6,11-12,16-18H,4-5,7H2,1H3. The van der Waals surface area contributed by atoms with Gasteiger partial charge in [0.25, 0.3) is 0 Å². The van der Waals surface area contributed by atoms with Gasteiger partial charge in [-0.25, -0.2) is 0 Å². The Kier molecular flexibility index (Phi) is 5.61. The molecule has 0 radical (unpaired) electrons. The van der Waals surface area contributed by atoms with Crippen molar-refractivity contribution in [2.45, 2.75) is 32.2 Å². The van der Waals surface area contributed by atoms with Crippen molar-refractivity contribution in [3.63, 3.8) is 0 Å². The molecule has 0 aliphatic carbocycles. The summed E-state index contributed by atoms with van der Waals surface area (Å²) in [5.41, 5.74) is 10.2. The fourth-order valence-corrected chi connectivity index (χ4v) is 1.71. The molecule has 1 aromatic carbocycles. The molecule has 0 spiro atoms. The molecule has 0 heterocycles. The van der Waals surface area contributed by atoms with Gasteiger partial charge in [-0.3, -0.25) is 0 Å². The van der Waals surface area contributed by atoms with E-state index in [1.165, 1.54) is 0 Å². The average Bonchev–Trinajstić information content (AvgIpc) is 2.38. The molecule has 0 fully saturated rings. The Hall–Kier alpha value is -1.59. The first-order valence-corrected chi connectivity index (χ1v) is 5.67. The molecular weight excluding hydrogens is 234 g/mol. The largest absolute Gasteiger partial charge is 0.392 e. The van der Waals surface area contributed by atoms with E-state index in [1.807, 2.05) is 6.92 Å². The summed E-state index contributed by atoms with van der Waals surface area (Å²) >= 11 is 0. The topological polar surface area (TPSA) is 109 Å². The predicted molar refractivity (Wildman–Crippen MR) is 66.7 cm³/mol. The Labute approximate surface area is 105 Å². The molecule has 0 aromatic heterocycles. The van der Waals surface area contributed by atoms with Gasteiger partial charge in [-0.05, 0) is 35.6 Å². The van der Waals surface area contributed by atoms with Gasteiger partial charge in [0.15, 0.2) is 0 Å². The van der Waals surface area contributed by atoms with E-state index in [2.05, 4.69) is 10.0 Å². The van der Waals surface area contributed by atoms with Crippen molar-refractivity contribution in [2.24, 2.45) is 5.11 Å². The van der Waals surface area contributed by atoms with Gasteiger partial charge in [-0.1, -0.05) is 23.3 Å². The van der Waals surface area contributed by atoms with E-state index in [-0.39, 0.29) is 19.6 Å². The second-order valence-electron chi connectivity index (χ2n) is 4.10. The number of rotatable bonds is 6. The van der Waals surface area contributed by atoms with E-state index in [1.54, 1.807) is 18.2 Å². The summed E-state index contributed by atoms with van der Waals surface area (Å²) < 4.78 is 0. The molecule has 18 heavy (non-hydrogen) atoms. The number of aryl methyl sites for hydroxylation is 1. The fourth-order valence-electron chi connectivity index (χ4n) is 1.71. The first-order chi connectivity index (χ1) is 8.60. The lowest BCUT2D eigenvalue weighted by Gasteiger charge is -2.20. The van der Waals surface area contributed by atoms with Gasteiger partial charge in [0.2, 0.25) is 0 Å². The first-order valence-electron chi connectivity index (χ1n) is 5.67. The zero-order valence-electron chi connectivity index (χ0n) is 10.2. The van der Waals surface area contributed by atoms with Crippen LogP contribution in [0.4, 0.5) is 0 Å². The van der Waals surface area contributed by atoms with Crippen molar-refractivity contribution in [2.75, 3.05) is 6.54 Å². The molecule has 0 bridgehead atoms. The van der Waals surface area contributed by atoms with Gasteiger partial charge in [0, 0.05) is 11.5 Å². The van der Waals surface area contributed by atoms with Crippen LogP contribution in [0.15, 0.2) is 23.3 Å². The molecule has 0 aliphatic rings. The summed E-state index contributed by atoms with van der Waals surface area (Å²) in [5, 5.41) is 32.2. The quantitative estimate of drug-likeness (QED) is 0.405. The maximum Gasteiger partial charge on any atom is 0.105 e. The number of aliphatic hydroxyl groups is 3. The summed E-state index contributed by atoms with van der Waals surface area (Å²) in [4.78, 5) is 2.58. The van der Waals surface area contributed by atoms with Crippen LogP contribution < -0.4 is 0 Å². The maximum atomic E-state index is 10.0. The Morgan fingerprint density at radius 2 is 2.11 bits per heavy atom. The van der Waals surface area contributed by atoms with Gasteiger partial charge in [0.1, 0.15) is 6.10 Å². The molecule has 98 valence electrons. The molecule has 2 atom stereocenters. The number of nitrogens with zero attached hydrogens (tertiary/aromatic N) is 3. The maximum absolute atomic E-state index is 10.0. The molecule has 3 N–H and O–H groups in total. The molecule has 0 saturated heterocycles. The van der Waals surface area contributed by atoms with Crippen LogP contribution in [0.2, 0.25) is 0 Å². The highest BCUT2D eigenvalue weighted by Crippen LogP contribution is 2.23. The van der Waals surface area contributed by atoms with Crippen molar-refractivity contribution in [3.8, 4) is 0 Å². The van der Waals surface area contributed by atoms with Crippen LogP contribution in [0.1, 0.15) is 29.2 Å². The summed E-state index contributed by atoms with van der Waals surface area (Å²) in [6, 6.07) is 5.21. The Morgan fingerprint density at radius 1 is 1.39 bits per heavy atom. The molecule has 0 aliphatic heterocycles. The average molecular weight is 251 g/mol. The third-order valence-corrected chi connectivity index (χ3v) is 2.80. The molecule has 1 aromatic rings. The van der Waals surface area contributed by atoms with Gasteiger partial charge in [0.05, 0.1) is 12.7 Å².